The zero-order valence-electron chi connectivity index (χ0n) is 19.0. The van der Waals surface area contributed by atoms with Gasteiger partial charge in [-0.15, -0.1) is 0 Å². The number of benzene rings is 1. The number of phenolic OH excluding ortho intramolecular Hbond substituents is 1. The second-order valence-electron chi connectivity index (χ2n) is 9.60. The molecule has 186 valence electrons. The highest BCUT2D eigenvalue weighted by Crippen LogP contribution is 2.53. The normalized spacial score (nSPS) is 32.3. The van der Waals surface area contributed by atoms with Crippen LogP contribution in [0.5, 0.6) is 11.5 Å². The number of aliphatic hydroxyl groups excluding tert-OH is 2. The van der Waals surface area contributed by atoms with Gasteiger partial charge in [-0.2, -0.15) is 0 Å². The third-order valence-electron chi connectivity index (χ3n) is 7.87. The van der Waals surface area contributed by atoms with E-state index in [1.807, 2.05) is 0 Å². The number of hydrogen-bond donors (Lipinski definition) is 7. The van der Waals surface area contributed by atoms with Crippen LogP contribution < -0.4 is 21.5 Å². The molecule has 0 spiro atoms. The van der Waals surface area contributed by atoms with E-state index < -0.39 is 58.0 Å². The van der Waals surface area contributed by atoms with E-state index in [9.17, 15) is 34.8 Å². The fourth-order valence-electron chi connectivity index (χ4n) is 6.24. The molecule has 1 fully saturated rings. The molecule has 5 rings (SSSR count). The molecule has 1 amide bonds. The molecular formula is C24H27N3O8. The lowest BCUT2D eigenvalue weighted by Gasteiger charge is -2.47. The Kier molecular flexibility index (Phi) is 5.20. The lowest BCUT2D eigenvalue weighted by Crippen LogP contribution is -2.63. The predicted molar refractivity (Wildman–Crippen MR) is 121 cm³/mol. The Morgan fingerprint density at radius 1 is 1.26 bits per heavy atom. The topological polar surface area (TPSA) is 205 Å². The van der Waals surface area contributed by atoms with Gasteiger partial charge in [0, 0.05) is 28.7 Å². The number of hydrogen-bond acceptors (Lipinski definition) is 10. The molecule has 0 radical (unpaired) electrons. The summed E-state index contributed by atoms with van der Waals surface area (Å²) in [6.07, 6.45) is 1.88. The number of rotatable bonds is 3. The highest BCUT2D eigenvalue weighted by Gasteiger charge is 2.62. The number of ether oxygens (including phenoxy) is 1. The molecule has 11 nitrogen and oxygen atoms in total. The minimum Gasteiger partial charge on any atom is -0.510 e. The summed E-state index contributed by atoms with van der Waals surface area (Å²) >= 11 is 0. The van der Waals surface area contributed by atoms with Crippen LogP contribution in [0.1, 0.15) is 46.8 Å². The lowest BCUT2D eigenvalue weighted by atomic mass is 9.59. The van der Waals surface area contributed by atoms with E-state index in [4.69, 9.17) is 16.2 Å². The number of methoxy groups -OCH3 is 1. The Balaban J connectivity index is 1.69. The van der Waals surface area contributed by atoms with Crippen molar-refractivity contribution in [2.75, 3.05) is 13.7 Å². The van der Waals surface area contributed by atoms with Gasteiger partial charge in [0.1, 0.15) is 28.6 Å². The first kappa shape index (κ1) is 23.3. The van der Waals surface area contributed by atoms with Crippen LogP contribution in [0.3, 0.4) is 0 Å². The van der Waals surface area contributed by atoms with Gasteiger partial charge in [0.05, 0.1) is 18.7 Å². The van der Waals surface area contributed by atoms with E-state index in [-0.39, 0.29) is 35.8 Å². The van der Waals surface area contributed by atoms with E-state index >= 15 is 0 Å². The number of primary amides is 1. The van der Waals surface area contributed by atoms with Crippen molar-refractivity contribution in [2.45, 2.75) is 43.4 Å². The van der Waals surface area contributed by atoms with Crippen LogP contribution in [-0.2, 0) is 16.0 Å². The molecule has 1 aromatic carbocycles. The quantitative estimate of drug-likeness (QED) is 0.284. The molecule has 3 aliphatic carbocycles. The van der Waals surface area contributed by atoms with Crippen LogP contribution in [-0.4, -0.2) is 63.2 Å². The number of aromatic hydroxyl groups is 1. The lowest BCUT2D eigenvalue weighted by molar-refractivity contribution is -0.145. The number of phenols is 1. The van der Waals surface area contributed by atoms with Crippen molar-refractivity contribution in [1.29, 1.82) is 0 Å². The molecule has 4 aliphatic rings. The molecule has 0 aromatic heterocycles. The van der Waals surface area contributed by atoms with Crippen LogP contribution in [0, 0.1) is 11.8 Å². The van der Waals surface area contributed by atoms with Crippen molar-refractivity contribution in [3.8, 4) is 11.5 Å². The fraction of sp³-hybridized carbons (Fsp3) is 0.458. The molecule has 11 heteroatoms. The average molecular weight is 485 g/mol. The summed E-state index contributed by atoms with van der Waals surface area (Å²) < 4.78 is 5.68. The molecule has 0 bridgehead atoms. The van der Waals surface area contributed by atoms with Gasteiger partial charge in [0.15, 0.2) is 11.4 Å². The van der Waals surface area contributed by atoms with Gasteiger partial charge in [-0.3, -0.25) is 14.4 Å². The maximum atomic E-state index is 13.6. The number of fused-ring (bicyclic) bond motifs is 3. The molecule has 0 unspecified atom stereocenters. The van der Waals surface area contributed by atoms with Crippen LogP contribution in [0.15, 0.2) is 28.7 Å². The Hall–Kier alpha value is -3.41. The Morgan fingerprint density at radius 2 is 1.97 bits per heavy atom. The van der Waals surface area contributed by atoms with Crippen molar-refractivity contribution in [1.82, 2.24) is 5.32 Å². The summed E-state index contributed by atoms with van der Waals surface area (Å²) in [5.41, 5.74) is 8.52. The highest BCUT2D eigenvalue weighted by molar-refractivity contribution is 6.24. The standard InChI is InChI=1S/C24H27N3O8/c1-35-20-9(12-3-2-4-27-12)7-13(28)15-10(20)5-8-6-11-17(25)19(30)16(23(26)33)22(32)24(11,34)21(31)14(8)18(15)29/h7-8,11-12,17,27-28,30-31,34H,2-6,25H2,1H3,(H2,26,33)/t8-,11-,12-,17-,24-/m0/s1. The second kappa shape index (κ2) is 7.80. The van der Waals surface area contributed by atoms with Crippen molar-refractivity contribution < 1.29 is 39.5 Å². The number of aliphatic hydroxyl groups is 3. The number of carbonyl (C=O) groups excluding carboxylic acids is 3. The van der Waals surface area contributed by atoms with E-state index in [0.717, 1.165) is 19.4 Å². The summed E-state index contributed by atoms with van der Waals surface area (Å²) in [5, 5.41) is 47.1. The van der Waals surface area contributed by atoms with Crippen LogP contribution in [0.2, 0.25) is 0 Å². The summed E-state index contributed by atoms with van der Waals surface area (Å²) in [7, 11) is 1.47. The number of amides is 1. The number of Topliss-reactive ketones (excluding diaryl/α,β-unsaturated/α-hetero) is 2. The van der Waals surface area contributed by atoms with Crippen molar-refractivity contribution in [3.63, 3.8) is 0 Å². The maximum Gasteiger partial charge on any atom is 0.255 e. The first-order valence-corrected chi connectivity index (χ1v) is 11.4. The van der Waals surface area contributed by atoms with Crippen LogP contribution in [0.25, 0.3) is 0 Å². The number of allylic oxidation sites excluding steroid dienone is 1. The first-order valence-electron chi connectivity index (χ1n) is 11.4. The van der Waals surface area contributed by atoms with E-state index in [2.05, 4.69) is 5.32 Å². The zero-order valence-corrected chi connectivity index (χ0v) is 19.0. The van der Waals surface area contributed by atoms with E-state index in [1.165, 1.54) is 13.2 Å². The fourth-order valence-corrected chi connectivity index (χ4v) is 6.24. The van der Waals surface area contributed by atoms with E-state index in [1.54, 1.807) is 0 Å². The SMILES string of the molecule is COc1c([C@@H]2CCCN2)cc(O)c2c1C[C@H]1C[C@H]3[C@H](N)C(O)=C(C(N)=O)C(=O)[C@@]3(O)C(O)=C1C2=O. The molecule has 1 aliphatic heterocycles. The molecule has 35 heavy (non-hydrogen) atoms. The maximum absolute atomic E-state index is 13.6. The number of ketones is 2. The summed E-state index contributed by atoms with van der Waals surface area (Å²) in [6.45, 7) is 0.810. The second-order valence-corrected chi connectivity index (χ2v) is 9.60. The van der Waals surface area contributed by atoms with Crippen molar-refractivity contribution >= 4 is 17.5 Å². The molecular weight excluding hydrogens is 458 g/mol. The summed E-state index contributed by atoms with van der Waals surface area (Å²) in [6, 6.07) is 0.0197. The molecule has 5 atom stereocenters. The molecule has 1 heterocycles. The minimum absolute atomic E-state index is 0.0557. The van der Waals surface area contributed by atoms with Gasteiger partial charge in [-0.1, -0.05) is 0 Å². The monoisotopic (exact) mass is 485 g/mol. The molecule has 9 N–H and O–H groups in total. The van der Waals surface area contributed by atoms with Gasteiger partial charge >= 0.3 is 0 Å². The molecule has 0 saturated carbocycles. The zero-order chi connectivity index (χ0) is 25.4. The smallest absolute Gasteiger partial charge is 0.255 e. The average Bonchev–Trinajstić information content (AvgIpc) is 3.34. The van der Waals surface area contributed by atoms with Gasteiger partial charge in [0.2, 0.25) is 5.78 Å². The third kappa shape index (κ3) is 2.98. The van der Waals surface area contributed by atoms with Crippen LogP contribution in [0.4, 0.5) is 0 Å². The Labute approximate surface area is 200 Å². The number of carbonyl (C=O) groups is 3. The van der Waals surface area contributed by atoms with Crippen LogP contribution >= 0.6 is 0 Å². The molecule has 1 aromatic rings. The first-order chi connectivity index (χ1) is 16.5. The van der Waals surface area contributed by atoms with Crippen molar-refractivity contribution in [2.24, 2.45) is 23.3 Å². The van der Waals surface area contributed by atoms with Gasteiger partial charge < -0.3 is 41.9 Å². The third-order valence-corrected chi connectivity index (χ3v) is 7.87. The van der Waals surface area contributed by atoms with Crippen molar-refractivity contribution in [3.05, 3.63) is 45.4 Å². The van der Waals surface area contributed by atoms with Gasteiger partial charge in [0.25, 0.3) is 5.91 Å². The number of nitrogens with one attached hydrogen (secondary N) is 1. The van der Waals surface area contributed by atoms with Gasteiger partial charge in [-0.25, -0.2) is 0 Å². The largest absolute Gasteiger partial charge is 0.510 e. The Bertz CT molecular complexity index is 1250. The van der Waals surface area contributed by atoms with Gasteiger partial charge in [-0.05, 0) is 44.2 Å². The number of nitrogens with two attached hydrogens (primary N) is 2. The summed E-state index contributed by atoms with van der Waals surface area (Å²) in [5.74, 6) is -6.86. The van der Waals surface area contributed by atoms with E-state index in [0.29, 0.717) is 16.9 Å². The predicted octanol–water partition coefficient (Wildman–Crippen LogP) is -0.0492. The Morgan fingerprint density at radius 3 is 2.57 bits per heavy atom. The minimum atomic E-state index is -2.72. The summed E-state index contributed by atoms with van der Waals surface area (Å²) in [4.78, 5) is 38.5. The highest BCUT2D eigenvalue weighted by atomic mass is 16.5. The molecule has 1 saturated heterocycles.